The van der Waals surface area contributed by atoms with Crippen molar-refractivity contribution >= 4 is 5.78 Å². The lowest BCUT2D eigenvalue weighted by Gasteiger charge is -2.25. The molecule has 0 heterocycles. The fraction of sp³-hybridized carbons (Fsp3) is 0.786. The summed E-state index contributed by atoms with van der Waals surface area (Å²) in [4.78, 5) is 12.0. The summed E-state index contributed by atoms with van der Waals surface area (Å²) in [5, 5.41) is 0. The Morgan fingerprint density at radius 3 is 2.27 bits per heavy atom. The summed E-state index contributed by atoms with van der Waals surface area (Å²) in [5.41, 5.74) is 1.17. The molecule has 15 heavy (non-hydrogen) atoms. The molecule has 0 spiro atoms. The van der Waals surface area contributed by atoms with E-state index in [4.69, 9.17) is 0 Å². The molecule has 1 heteroatoms. The van der Waals surface area contributed by atoms with E-state index in [-0.39, 0.29) is 5.41 Å². The van der Waals surface area contributed by atoms with Crippen molar-refractivity contribution in [3.05, 3.63) is 11.6 Å². The van der Waals surface area contributed by atoms with Gasteiger partial charge in [0.25, 0.3) is 0 Å². The number of Topliss-reactive ketones (excluding diaryl/α,β-unsaturated/α-hetero) is 1. The topological polar surface area (TPSA) is 17.1 Å². The molecule has 0 bridgehead atoms. The van der Waals surface area contributed by atoms with E-state index in [1.54, 1.807) is 0 Å². The molecule has 0 saturated heterocycles. The van der Waals surface area contributed by atoms with Gasteiger partial charge in [-0.15, -0.1) is 0 Å². The van der Waals surface area contributed by atoms with Crippen LogP contribution in [0.5, 0.6) is 0 Å². The van der Waals surface area contributed by atoms with Crippen molar-refractivity contribution in [1.82, 2.24) is 0 Å². The number of hydrogen-bond acceptors (Lipinski definition) is 1. The SMILES string of the molecule is CCCCC(=O)[C@@](C)(CC)CC=C(C)C. The van der Waals surface area contributed by atoms with Crippen molar-refractivity contribution < 1.29 is 4.79 Å². The van der Waals surface area contributed by atoms with Gasteiger partial charge in [-0.2, -0.15) is 0 Å². The van der Waals surface area contributed by atoms with E-state index in [1.165, 1.54) is 5.57 Å². The number of allylic oxidation sites excluding steroid dienone is 2. The molecule has 0 unspecified atom stereocenters. The second-order valence-corrected chi connectivity index (χ2v) is 4.93. The fourth-order valence-corrected chi connectivity index (χ4v) is 1.52. The number of carbonyl (C=O) groups is 1. The molecule has 88 valence electrons. The van der Waals surface area contributed by atoms with Crippen LogP contribution in [0.1, 0.15) is 66.7 Å². The molecular weight excluding hydrogens is 184 g/mol. The van der Waals surface area contributed by atoms with Gasteiger partial charge in [-0.25, -0.2) is 0 Å². The zero-order valence-electron chi connectivity index (χ0n) is 11.0. The molecule has 0 saturated carbocycles. The number of rotatable bonds is 7. The molecule has 0 aliphatic heterocycles. The summed E-state index contributed by atoms with van der Waals surface area (Å²) >= 11 is 0. The van der Waals surface area contributed by atoms with Gasteiger partial charge >= 0.3 is 0 Å². The van der Waals surface area contributed by atoms with Crippen LogP contribution in [-0.2, 0) is 4.79 Å². The third kappa shape index (κ3) is 5.15. The molecule has 0 fully saturated rings. The van der Waals surface area contributed by atoms with Gasteiger partial charge in [-0.05, 0) is 33.1 Å². The van der Waals surface area contributed by atoms with Crippen LogP contribution in [0.25, 0.3) is 0 Å². The second kappa shape index (κ2) is 6.81. The molecule has 0 aromatic carbocycles. The molecule has 0 rings (SSSR count). The highest BCUT2D eigenvalue weighted by Crippen LogP contribution is 2.30. The Bertz CT molecular complexity index is 223. The lowest BCUT2D eigenvalue weighted by Crippen LogP contribution is -2.26. The Hall–Kier alpha value is -0.590. The molecule has 0 amide bonds. The molecule has 0 aliphatic rings. The highest BCUT2D eigenvalue weighted by molar-refractivity contribution is 5.84. The predicted octanol–water partition coefficient (Wildman–Crippen LogP) is 4.52. The Labute approximate surface area is 95.0 Å². The van der Waals surface area contributed by atoms with Crippen molar-refractivity contribution in [2.24, 2.45) is 5.41 Å². The number of unbranched alkanes of at least 4 members (excludes halogenated alkanes) is 1. The third-order valence-corrected chi connectivity index (χ3v) is 3.17. The molecule has 0 aliphatic carbocycles. The Morgan fingerprint density at radius 2 is 1.87 bits per heavy atom. The van der Waals surface area contributed by atoms with E-state index in [1.807, 2.05) is 0 Å². The van der Waals surface area contributed by atoms with Gasteiger partial charge in [0.15, 0.2) is 0 Å². The molecule has 0 aromatic rings. The van der Waals surface area contributed by atoms with E-state index < -0.39 is 0 Å². The van der Waals surface area contributed by atoms with Gasteiger partial charge in [-0.3, -0.25) is 4.79 Å². The Morgan fingerprint density at radius 1 is 1.27 bits per heavy atom. The summed E-state index contributed by atoms with van der Waals surface area (Å²) in [6.45, 7) is 10.5. The zero-order chi connectivity index (χ0) is 11.9. The first-order chi connectivity index (χ1) is 6.96. The van der Waals surface area contributed by atoms with Gasteiger partial charge < -0.3 is 0 Å². The lowest BCUT2D eigenvalue weighted by molar-refractivity contribution is -0.128. The number of carbonyl (C=O) groups excluding carboxylic acids is 1. The van der Waals surface area contributed by atoms with Crippen LogP contribution in [0.2, 0.25) is 0 Å². The molecule has 0 N–H and O–H groups in total. The summed E-state index contributed by atoms with van der Waals surface area (Å²) in [6, 6.07) is 0. The summed E-state index contributed by atoms with van der Waals surface area (Å²) in [7, 11) is 0. The standard InChI is InChI=1S/C14H26O/c1-6-8-9-13(15)14(5,7-2)11-10-12(3)4/h10H,6-9,11H2,1-5H3/t14-/m0/s1. The van der Waals surface area contributed by atoms with Crippen molar-refractivity contribution in [3.8, 4) is 0 Å². The van der Waals surface area contributed by atoms with Crippen LogP contribution in [0, 0.1) is 5.41 Å². The predicted molar refractivity (Wildman–Crippen MR) is 67.0 cm³/mol. The highest BCUT2D eigenvalue weighted by Gasteiger charge is 2.28. The fourth-order valence-electron chi connectivity index (χ4n) is 1.52. The van der Waals surface area contributed by atoms with Crippen molar-refractivity contribution in [2.75, 3.05) is 0 Å². The van der Waals surface area contributed by atoms with Gasteiger partial charge in [0.2, 0.25) is 0 Å². The Balaban J connectivity index is 4.40. The van der Waals surface area contributed by atoms with Crippen LogP contribution in [0.15, 0.2) is 11.6 Å². The van der Waals surface area contributed by atoms with Crippen molar-refractivity contribution in [1.29, 1.82) is 0 Å². The van der Waals surface area contributed by atoms with E-state index >= 15 is 0 Å². The largest absolute Gasteiger partial charge is 0.299 e. The minimum Gasteiger partial charge on any atom is -0.299 e. The Kier molecular flexibility index (Phi) is 6.55. The van der Waals surface area contributed by atoms with Crippen LogP contribution in [0.3, 0.4) is 0 Å². The molecule has 0 radical (unpaired) electrons. The number of ketones is 1. The summed E-state index contributed by atoms with van der Waals surface area (Å²) in [6.07, 6.45) is 6.91. The maximum atomic E-state index is 12.0. The van der Waals surface area contributed by atoms with E-state index in [2.05, 4.69) is 40.7 Å². The van der Waals surface area contributed by atoms with Gasteiger partial charge in [0.1, 0.15) is 5.78 Å². The monoisotopic (exact) mass is 210 g/mol. The minimum absolute atomic E-state index is 0.133. The van der Waals surface area contributed by atoms with Crippen molar-refractivity contribution in [2.45, 2.75) is 66.7 Å². The van der Waals surface area contributed by atoms with Gasteiger partial charge in [0.05, 0.1) is 0 Å². The smallest absolute Gasteiger partial charge is 0.139 e. The maximum absolute atomic E-state index is 12.0. The average molecular weight is 210 g/mol. The van der Waals surface area contributed by atoms with Crippen LogP contribution in [-0.4, -0.2) is 5.78 Å². The van der Waals surface area contributed by atoms with E-state index in [9.17, 15) is 4.79 Å². The van der Waals surface area contributed by atoms with Crippen LogP contribution in [0.4, 0.5) is 0 Å². The second-order valence-electron chi connectivity index (χ2n) is 4.93. The molecule has 1 nitrogen and oxygen atoms in total. The third-order valence-electron chi connectivity index (χ3n) is 3.17. The van der Waals surface area contributed by atoms with Crippen LogP contribution < -0.4 is 0 Å². The van der Waals surface area contributed by atoms with Crippen molar-refractivity contribution in [3.63, 3.8) is 0 Å². The molecular formula is C14H26O. The van der Waals surface area contributed by atoms with Gasteiger partial charge in [-0.1, -0.05) is 38.8 Å². The summed E-state index contributed by atoms with van der Waals surface area (Å²) in [5.74, 6) is 0.435. The van der Waals surface area contributed by atoms with E-state index in [0.29, 0.717) is 5.78 Å². The first-order valence-electron chi connectivity index (χ1n) is 6.13. The normalized spacial score (nSPS) is 14.5. The average Bonchev–Trinajstić information content (AvgIpc) is 2.22. The number of hydrogen-bond donors (Lipinski definition) is 0. The maximum Gasteiger partial charge on any atom is 0.139 e. The lowest BCUT2D eigenvalue weighted by atomic mass is 9.77. The zero-order valence-corrected chi connectivity index (χ0v) is 11.0. The first kappa shape index (κ1) is 14.4. The van der Waals surface area contributed by atoms with Crippen LogP contribution >= 0.6 is 0 Å². The molecule has 0 aromatic heterocycles. The quantitative estimate of drug-likeness (QED) is 0.565. The summed E-state index contributed by atoms with van der Waals surface area (Å²) < 4.78 is 0. The van der Waals surface area contributed by atoms with Gasteiger partial charge in [0, 0.05) is 11.8 Å². The first-order valence-corrected chi connectivity index (χ1v) is 6.13. The molecule has 1 atom stereocenters. The minimum atomic E-state index is -0.133. The van der Waals surface area contributed by atoms with E-state index in [0.717, 1.165) is 32.1 Å². The highest BCUT2D eigenvalue weighted by atomic mass is 16.1.